The van der Waals surface area contributed by atoms with Crippen LogP contribution >= 0.6 is 11.3 Å². The zero-order valence-corrected chi connectivity index (χ0v) is 13.7. The van der Waals surface area contributed by atoms with Gasteiger partial charge in [-0.1, -0.05) is 13.0 Å². The molecule has 2 unspecified atom stereocenters. The van der Waals surface area contributed by atoms with Gasteiger partial charge in [0.1, 0.15) is 16.6 Å². The fourth-order valence-electron chi connectivity index (χ4n) is 2.16. The molecule has 0 bridgehead atoms. The van der Waals surface area contributed by atoms with Gasteiger partial charge < -0.3 is 10.4 Å². The number of thiazole rings is 1. The van der Waals surface area contributed by atoms with Gasteiger partial charge in [-0.05, 0) is 26.3 Å². The molecule has 1 aromatic heterocycles. The molecule has 0 spiro atoms. The smallest absolute Gasteiger partial charge is 0.131 e. The number of halogens is 2. The summed E-state index contributed by atoms with van der Waals surface area (Å²) in [5.41, 5.74) is 0.644. The standard InChI is InChI=1S/C16H20F2N2OS/c1-4-16(3,15-20-10(2)9-22-15)19-8-14(21)12-6-5-11(17)7-13(12)18/h5-7,9,14,19,21H,4,8H2,1-3H3. The molecule has 0 saturated carbocycles. The van der Waals surface area contributed by atoms with Crippen molar-refractivity contribution < 1.29 is 13.9 Å². The molecule has 1 aromatic carbocycles. The predicted octanol–water partition coefficient (Wildman–Crippen LogP) is 3.68. The highest BCUT2D eigenvalue weighted by atomic mass is 32.1. The summed E-state index contributed by atoms with van der Waals surface area (Å²) in [6.07, 6.45) is -0.272. The number of aliphatic hydroxyl groups is 1. The summed E-state index contributed by atoms with van der Waals surface area (Å²) >= 11 is 1.55. The number of hydrogen-bond donors (Lipinski definition) is 2. The van der Waals surface area contributed by atoms with Gasteiger partial charge in [-0.15, -0.1) is 11.3 Å². The van der Waals surface area contributed by atoms with Gasteiger partial charge in [0.2, 0.25) is 0 Å². The van der Waals surface area contributed by atoms with E-state index in [4.69, 9.17) is 0 Å². The fourth-order valence-corrected chi connectivity index (χ4v) is 3.17. The van der Waals surface area contributed by atoms with Crippen LogP contribution in [0.25, 0.3) is 0 Å². The van der Waals surface area contributed by atoms with Crippen molar-refractivity contribution in [2.75, 3.05) is 6.54 Å². The van der Waals surface area contributed by atoms with Crippen molar-refractivity contribution in [2.45, 2.75) is 38.8 Å². The molecule has 0 aliphatic rings. The molecule has 0 fully saturated rings. The maximum atomic E-state index is 13.7. The van der Waals surface area contributed by atoms with E-state index in [1.807, 2.05) is 26.2 Å². The molecule has 0 aliphatic heterocycles. The van der Waals surface area contributed by atoms with E-state index in [-0.39, 0.29) is 12.1 Å². The summed E-state index contributed by atoms with van der Waals surface area (Å²) < 4.78 is 26.6. The van der Waals surface area contributed by atoms with Crippen molar-refractivity contribution in [2.24, 2.45) is 0 Å². The summed E-state index contributed by atoms with van der Waals surface area (Å²) in [4.78, 5) is 4.48. The minimum Gasteiger partial charge on any atom is -0.387 e. The molecule has 120 valence electrons. The van der Waals surface area contributed by atoms with Crippen molar-refractivity contribution in [1.29, 1.82) is 0 Å². The first kappa shape index (κ1) is 17.0. The highest BCUT2D eigenvalue weighted by Crippen LogP contribution is 2.28. The third-order valence-corrected chi connectivity index (χ3v) is 5.03. The molecule has 0 radical (unpaired) electrons. The first-order valence-electron chi connectivity index (χ1n) is 7.16. The number of aromatic nitrogens is 1. The second kappa shape index (κ2) is 6.81. The van der Waals surface area contributed by atoms with Gasteiger partial charge in [0.25, 0.3) is 0 Å². The minimum absolute atomic E-state index is 0.0858. The predicted molar refractivity (Wildman–Crippen MR) is 83.8 cm³/mol. The number of rotatable bonds is 6. The molecule has 3 nitrogen and oxygen atoms in total. The van der Waals surface area contributed by atoms with Crippen LogP contribution in [0, 0.1) is 18.6 Å². The molecule has 6 heteroatoms. The Balaban J connectivity index is 2.09. The fraction of sp³-hybridized carbons (Fsp3) is 0.438. The lowest BCUT2D eigenvalue weighted by Gasteiger charge is -2.29. The quantitative estimate of drug-likeness (QED) is 0.851. The van der Waals surface area contributed by atoms with Crippen LogP contribution in [0.1, 0.15) is 42.6 Å². The zero-order chi connectivity index (χ0) is 16.3. The van der Waals surface area contributed by atoms with E-state index in [0.29, 0.717) is 0 Å². The molecular formula is C16H20F2N2OS. The molecule has 2 N–H and O–H groups in total. The Morgan fingerprint density at radius 3 is 2.68 bits per heavy atom. The number of nitrogens with zero attached hydrogens (tertiary/aromatic N) is 1. The number of aryl methyl sites for hydroxylation is 1. The third kappa shape index (κ3) is 3.69. The van der Waals surface area contributed by atoms with Gasteiger partial charge in [0.05, 0.1) is 11.6 Å². The second-order valence-corrected chi connectivity index (χ2v) is 6.40. The monoisotopic (exact) mass is 326 g/mol. The number of aliphatic hydroxyl groups excluding tert-OH is 1. The van der Waals surface area contributed by atoms with Crippen LogP contribution in [0.4, 0.5) is 8.78 Å². The summed E-state index contributed by atoms with van der Waals surface area (Å²) in [6.45, 7) is 6.11. The average molecular weight is 326 g/mol. The van der Waals surface area contributed by atoms with Crippen LogP contribution in [0.5, 0.6) is 0 Å². The van der Waals surface area contributed by atoms with Gasteiger partial charge in [-0.2, -0.15) is 0 Å². The van der Waals surface area contributed by atoms with Gasteiger partial charge in [-0.3, -0.25) is 0 Å². The van der Waals surface area contributed by atoms with Gasteiger partial charge >= 0.3 is 0 Å². The third-order valence-electron chi connectivity index (χ3n) is 3.81. The molecule has 0 saturated heterocycles. The molecule has 2 atom stereocenters. The Morgan fingerprint density at radius 2 is 2.14 bits per heavy atom. The van der Waals surface area contributed by atoms with E-state index in [1.54, 1.807) is 11.3 Å². The molecule has 2 aromatic rings. The van der Waals surface area contributed by atoms with Crippen LogP contribution in [0.2, 0.25) is 0 Å². The normalized spacial score (nSPS) is 15.5. The minimum atomic E-state index is -1.05. The summed E-state index contributed by atoms with van der Waals surface area (Å²) in [5, 5.41) is 16.3. The second-order valence-electron chi connectivity index (χ2n) is 5.54. The van der Waals surface area contributed by atoms with Crippen molar-refractivity contribution in [3.63, 3.8) is 0 Å². The summed E-state index contributed by atoms with van der Waals surface area (Å²) in [7, 11) is 0. The summed E-state index contributed by atoms with van der Waals surface area (Å²) in [6, 6.07) is 3.19. The lowest BCUT2D eigenvalue weighted by Crippen LogP contribution is -2.41. The Bertz CT molecular complexity index is 647. The Morgan fingerprint density at radius 1 is 1.41 bits per heavy atom. The number of benzene rings is 1. The first-order valence-corrected chi connectivity index (χ1v) is 8.04. The highest BCUT2D eigenvalue weighted by molar-refractivity contribution is 7.09. The summed E-state index contributed by atoms with van der Waals surface area (Å²) in [5.74, 6) is -1.39. The van der Waals surface area contributed by atoms with Gasteiger partial charge in [0, 0.05) is 29.2 Å². The highest BCUT2D eigenvalue weighted by Gasteiger charge is 2.28. The first-order chi connectivity index (χ1) is 10.4. The van der Waals surface area contributed by atoms with Crippen LogP contribution < -0.4 is 5.32 Å². The van der Waals surface area contributed by atoms with Crippen molar-refractivity contribution >= 4 is 11.3 Å². The van der Waals surface area contributed by atoms with Crippen LogP contribution in [-0.2, 0) is 5.54 Å². The zero-order valence-electron chi connectivity index (χ0n) is 12.9. The molecule has 0 amide bonds. The Kier molecular flexibility index (Phi) is 5.26. The largest absolute Gasteiger partial charge is 0.387 e. The van der Waals surface area contributed by atoms with E-state index in [0.717, 1.165) is 29.3 Å². The number of hydrogen-bond acceptors (Lipinski definition) is 4. The number of nitrogens with one attached hydrogen (secondary N) is 1. The van der Waals surface area contributed by atoms with E-state index in [1.165, 1.54) is 6.07 Å². The van der Waals surface area contributed by atoms with Crippen molar-refractivity contribution in [1.82, 2.24) is 10.3 Å². The topological polar surface area (TPSA) is 45.1 Å². The Hall–Kier alpha value is -1.37. The van der Waals surface area contributed by atoms with Crippen LogP contribution in [0.15, 0.2) is 23.6 Å². The lowest BCUT2D eigenvalue weighted by atomic mass is 9.98. The molecule has 1 heterocycles. The van der Waals surface area contributed by atoms with Gasteiger partial charge in [-0.25, -0.2) is 13.8 Å². The Labute approximate surface area is 133 Å². The van der Waals surface area contributed by atoms with Gasteiger partial charge in [0.15, 0.2) is 0 Å². The molecular weight excluding hydrogens is 306 g/mol. The molecule has 22 heavy (non-hydrogen) atoms. The molecule has 2 rings (SSSR count). The maximum absolute atomic E-state index is 13.7. The van der Waals surface area contributed by atoms with E-state index < -0.39 is 23.3 Å². The van der Waals surface area contributed by atoms with E-state index in [2.05, 4.69) is 10.3 Å². The molecule has 0 aliphatic carbocycles. The van der Waals surface area contributed by atoms with Crippen LogP contribution in [0.3, 0.4) is 0 Å². The SMILES string of the molecule is CCC(C)(NCC(O)c1ccc(F)cc1F)c1nc(C)cs1. The van der Waals surface area contributed by atoms with Crippen molar-refractivity contribution in [3.8, 4) is 0 Å². The van der Waals surface area contributed by atoms with Crippen molar-refractivity contribution in [3.05, 3.63) is 51.5 Å². The van der Waals surface area contributed by atoms with E-state index in [9.17, 15) is 13.9 Å². The lowest BCUT2D eigenvalue weighted by molar-refractivity contribution is 0.152. The van der Waals surface area contributed by atoms with Crippen LogP contribution in [-0.4, -0.2) is 16.6 Å². The van der Waals surface area contributed by atoms with E-state index >= 15 is 0 Å². The average Bonchev–Trinajstić information content (AvgIpc) is 2.91. The maximum Gasteiger partial charge on any atom is 0.131 e.